The van der Waals surface area contributed by atoms with Crippen LogP contribution in [0.4, 0.5) is 0 Å². The number of methoxy groups -OCH3 is 1. The van der Waals surface area contributed by atoms with Crippen LogP contribution in [0, 0.1) is 0 Å². The third-order valence-corrected chi connectivity index (χ3v) is 6.90. The molecular formula is C26H29BrN2O4. The highest BCUT2D eigenvalue weighted by Gasteiger charge is 2.28. The highest BCUT2D eigenvalue weighted by Crippen LogP contribution is 2.41. The van der Waals surface area contributed by atoms with Gasteiger partial charge in [0, 0.05) is 19.0 Å². The lowest BCUT2D eigenvalue weighted by Gasteiger charge is -2.26. The van der Waals surface area contributed by atoms with E-state index in [1.807, 2.05) is 6.07 Å². The lowest BCUT2D eigenvalue weighted by Crippen LogP contribution is -3.00. The minimum Gasteiger partial charge on any atom is -1.00 e. The van der Waals surface area contributed by atoms with E-state index in [-0.39, 0.29) is 17.0 Å². The van der Waals surface area contributed by atoms with Gasteiger partial charge in [-0.15, -0.1) is 0 Å². The smallest absolute Gasteiger partial charge is 0.231 e. The molecule has 4 heterocycles. The van der Waals surface area contributed by atoms with Gasteiger partial charge in [0.2, 0.25) is 12.5 Å². The molecule has 0 radical (unpaired) electrons. The first-order chi connectivity index (χ1) is 15.8. The predicted octanol–water partition coefficient (Wildman–Crippen LogP) is 0.956. The van der Waals surface area contributed by atoms with Crippen LogP contribution in [0.5, 0.6) is 23.0 Å². The van der Waals surface area contributed by atoms with Crippen molar-refractivity contribution in [2.24, 2.45) is 0 Å². The summed E-state index contributed by atoms with van der Waals surface area (Å²) < 4.78 is 25.6. The Hall–Kier alpha value is -2.51. The molecule has 6 nitrogen and oxygen atoms in total. The van der Waals surface area contributed by atoms with Crippen molar-refractivity contribution in [3.63, 3.8) is 0 Å². The molecule has 3 aromatic rings. The Bertz CT molecular complexity index is 1180. The maximum atomic E-state index is 6.35. The molecule has 0 N–H and O–H groups in total. The standard InChI is InChI=1S/C26H29N2O4.BrH/c1-29-23-6-5-18-13-22-20-15-25-24(31-17-32-25)14-19(20)7-10-28(22)16-21(18)26(23)30-12-11-27-8-3-2-4-9-27;/h5-6,13-16H,2-4,7-12,17H2,1H3;1H/q+1;/p-1. The first kappa shape index (κ1) is 22.3. The van der Waals surface area contributed by atoms with Crippen LogP contribution < -0.4 is 40.5 Å². The Kier molecular flexibility index (Phi) is 6.34. The molecule has 2 aromatic carbocycles. The third kappa shape index (κ3) is 4.13. The SMILES string of the molecule is COc1ccc2cc3[n+](cc2c1OCCN1CCCCC1)CCc1cc2c(cc1-3)OCO2.[Br-]. The topological polar surface area (TPSA) is 44.0 Å². The highest BCUT2D eigenvalue weighted by molar-refractivity contribution is 5.91. The van der Waals surface area contributed by atoms with E-state index >= 15 is 0 Å². The summed E-state index contributed by atoms with van der Waals surface area (Å²) in [6, 6.07) is 10.6. The summed E-state index contributed by atoms with van der Waals surface area (Å²) in [7, 11) is 1.71. The van der Waals surface area contributed by atoms with Crippen molar-refractivity contribution < 1.29 is 40.5 Å². The number of aryl methyl sites for hydroxylation is 2. The van der Waals surface area contributed by atoms with Crippen LogP contribution in [-0.4, -0.2) is 45.0 Å². The Balaban J connectivity index is 0.00000228. The van der Waals surface area contributed by atoms with Gasteiger partial charge < -0.3 is 35.9 Å². The van der Waals surface area contributed by atoms with E-state index in [1.165, 1.54) is 49.2 Å². The van der Waals surface area contributed by atoms with E-state index in [1.54, 1.807) is 7.11 Å². The van der Waals surface area contributed by atoms with Gasteiger partial charge in [0.15, 0.2) is 35.7 Å². The van der Waals surface area contributed by atoms with E-state index in [2.05, 4.69) is 39.9 Å². The number of aromatic nitrogens is 1. The van der Waals surface area contributed by atoms with Crippen molar-refractivity contribution in [3.05, 3.63) is 42.1 Å². The molecule has 0 unspecified atom stereocenters. The number of fused-ring (bicyclic) bond motifs is 5. The van der Waals surface area contributed by atoms with Crippen LogP contribution in [-0.2, 0) is 13.0 Å². The normalized spacial score (nSPS) is 16.6. The van der Waals surface area contributed by atoms with Crippen molar-refractivity contribution in [3.8, 4) is 34.3 Å². The van der Waals surface area contributed by atoms with Gasteiger partial charge >= 0.3 is 0 Å². The number of hydrogen-bond acceptors (Lipinski definition) is 5. The second-order valence-electron chi connectivity index (χ2n) is 8.82. The number of benzene rings is 2. The molecular weight excluding hydrogens is 484 g/mol. The summed E-state index contributed by atoms with van der Waals surface area (Å²) in [4.78, 5) is 2.50. The maximum absolute atomic E-state index is 6.35. The lowest BCUT2D eigenvalue weighted by atomic mass is 9.95. The van der Waals surface area contributed by atoms with Gasteiger partial charge in [-0.05, 0) is 61.1 Å². The van der Waals surface area contributed by atoms with Crippen LogP contribution in [0.15, 0.2) is 36.5 Å². The number of pyridine rings is 1. The maximum Gasteiger partial charge on any atom is 0.231 e. The molecule has 1 aromatic heterocycles. The molecule has 0 atom stereocenters. The average molecular weight is 513 g/mol. The molecule has 3 aliphatic heterocycles. The van der Waals surface area contributed by atoms with Crippen LogP contribution in [0.1, 0.15) is 24.8 Å². The summed E-state index contributed by atoms with van der Waals surface area (Å²) in [5.74, 6) is 3.31. The number of rotatable bonds is 5. The molecule has 3 aliphatic rings. The molecule has 6 rings (SSSR count). The minimum atomic E-state index is 0. The summed E-state index contributed by atoms with van der Waals surface area (Å²) in [6.07, 6.45) is 7.12. The van der Waals surface area contributed by atoms with Crippen LogP contribution in [0.25, 0.3) is 22.0 Å². The van der Waals surface area contributed by atoms with E-state index in [9.17, 15) is 0 Å². The van der Waals surface area contributed by atoms with Crippen molar-refractivity contribution in [1.82, 2.24) is 4.90 Å². The minimum absolute atomic E-state index is 0. The van der Waals surface area contributed by atoms with Crippen molar-refractivity contribution >= 4 is 10.8 Å². The van der Waals surface area contributed by atoms with Gasteiger partial charge in [0.25, 0.3) is 0 Å². The fourth-order valence-corrected chi connectivity index (χ4v) is 5.17. The molecule has 1 saturated heterocycles. The zero-order valence-electron chi connectivity index (χ0n) is 18.9. The molecule has 0 bridgehead atoms. The highest BCUT2D eigenvalue weighted by atomic mass is 79.9. The summed E-state index contributed by atoms with van der Waals surface area (Å²) in [6.45, 7) is 5.20. The van der Waals surface area contributed by atoms with Crippen LogP contribution in [0.3, 0.4) is 0 Å². The summed E-state index contributed by atoms with van der Waals surface area (Å²) in [5.41, 5.74) is 3.72. The molecule has 33 heavy (non-hydrogen) atoms. The Labute approximate surface area is 204 Å². The van der Waals surface area contributed by atoms with E-state index in [0.29, 0.717) is 13.4 Å². The lowest BCUT2D eigenvalue weighted by molar-refractivity contribution is -0.686. The predicted molar refractivity (Wildman–Crippen MR) is 122 cm³/mol. The summed E-state index contributed by atoms with van der Waals surface area (Å²) >= 11 is 0. The Morgan fingerprint density at radius 1 is 1.03 bits per heavy atom. The van der Waals surface area contributed by atoms with Gasteiger partial charge in [-0.25, -0.2) is 0 Å². The average Bonchev–Trinajstić information content (AvgIpc) is 3.30. The third-order valence-electron chi connectivity index (χ3n) is 6.90. The zero-order chi connectivity index (χ0) is 21.5. The van der Waals surface area contributed by atoms with E-state index in [4.69, 9.17) is 18.9 Å². The monoisotopic (exact) mass is 512 g/mol. The van der Waals surface area contributed by atoms with Crippen molar-refractivity contribution in [1.29, 1.82) is 0 Å². The zero-order valence-corrected chi connectivity index (χ0v) is 20.5. The number of halogens is 1. The number of piperidine rings is 1. The molecule has 7 heteroatoms. The van der Waals surface area contributed by atoms with Gasteiger partial charge in [-0.3, -0.25) is 4.90 Å². The number of likely N-dealkylation sites (tertiary alicyclic amines) is 1. The van der Waals surface area contributed by atoms with Crippen LogP contribution >= 0.6 is 0 Å². The van der Waals surface area contributed by atoms with Gasteiger partial charge in [0.05, 0.1) is 18.1 Å². The number of hydrogen-bond donors (Lipinski definition) is 0. The van der Waals surface area contributed by atoms with E-state index in [0.717, 1.165) is 53.3 Å². The van der Waals surface area contributed by atoms with Gasteiger partial charge in [0.1, 0.15) is 6.61 Å². The van der Waals surface area contributed by atoms with E-state index < -0.39 is 0 Å². The molecule has 174 valence electrons. The summed E-state index contributed by atoms with van der Waals surface area (Å²) in [5, 5.41) is 2.24. The second kappa shape index (κ2) is 9.39. The molecule has 0 spiro atoms. The fourth-order valence-electron chi connectivity index (χ4n) is 5.17. The Morgan fingerprint density at radius 3 is 2.67 bits per heavy atom. The van der Waals surface area contributed by atoms with Gasteiger partial charge in [-0.2, -0.15) is 4.57 Å². The van der Waals surface area contributed by atoms with Crippen LogP contribution in [0.2, 0.25) is 0 Å². The largest absolute Gasteiger partial charge is 1.00 e. The number of ether oxygens (including phenoxy) is 4. The fraction of sp³-hybridized carbons (Fsp3) is 0.423. The Morgan fingerprint density at radius 2 is 1.85 bits per heavy atom. The second-order valence-corrected chi connectivity index (χ2v) is 8.82. The van der Waals surface area contributed by atoms with Gasteiger partial charge in [-0.1, -0.05) is 6.42 Å². The molecule has 0 amide bonds. The van der Waals surface area contributed by atoms with Crippen molar-refractivity contribution in [2.45, 2.75) is 32.2 Å². The first-order valence-corrected chi connectivity index (χ1v) is 11.6. The molecule has 0 saturated carbocycles. The van der Waals surface area contributed by atoms with Crippen molar-refractivity contribution in [2.75, 3.05) is 40.1 Å². The molecule has 1 fully saturated rings. The quantitative estimate of drug-likeness (QED) is 0.476. The first-order valence-electron chi connectivity index (χ1n) is 11.6. The number of nitrogens with zero attached hydrogens (tertiary/aromatic N) is 2. The molecule has 0 aliphatic carbocycles.